The first-order chi connectivity index (χ1) is 10.0. The highest BCUT2D eigenvalue weighted by atomic mass is 16.5. The predicted octanol–water partition coefficient (Wildman–Crippen LogP) is 1.75. The van der Waals surface area contributed by atoms with Gasteiger partial charge in [-0.3, -0.25) is 4.79 Å². The molecule has 0 heterocycles. The summed E-state index contributed by atoms with van der Waals surface area (Å²) in [5.41, 5.74) is 7.33. The molecule has 1 aromatic carbocycles. The molecule has 0 saturated carbocycles. The number of carbonyl (C=O) groups excluding carboxylic acids is 1. The van der Waals surface area contributed by atoms with Crippen molar-refractivity contribution in [3.63, 3.8) is 0 Å². The van der Waals surface area contributed by atoms with Gasteiger partial charge in [-0.1, -0.05) is 6.07 Å². The third-order valence-electron chi connectivity index (χ3n) is 2.84. The number of nitrogens with two attached hydrogens (primary N) is 1. The Labute approximate surface area is 126 Å². The van der Waals surface area contributed by atoms with Crippen LogP contribution in [0.1, 0.15) is 18.9 Å². The first-order valence-corrected chi connectivity index (χ1v) is 7.16. The van der Waals surface area contributed by atoms with Gasteiger partial charge < -0.3 is 20.7 Å². The van der Waals surface area contributed by atoms with E-state index in [1.807, 2.05) is 33.2 Å². The van der Waals surface area contributed by atoms with Crippen molar-refractivity contribution < 1.29 is 9.53 Å². The van der Waals surface area contributed by atoms with Crippen LogP contribution in [0.4, 0.5) is 5.69 Å². The number of rotatable bonds is 8. The van der Waals surface area contributed by atoms with Gasteiger partial charge in [0.2, 0.25) is 5.91 Å². The topological polar surface area (TPSA) is 67.6 Å². The summed E-state index contributed by atoms with van der Waals surface area (Å²) in [6.45, 7) is 4.12. The van der Waals surface area contributed by atoms with E-state index in [0.29, 0.717) is 24.6 Å². The Kier molecular flexibility index (Phi) is 7.32. The Morgan fingerprint density at radius 2 is 2.19 bits per heavy atom. The molecule has 1 amide bonds. The number of nitrogens with zero attached hydrogens (tertiary/aromatic N) is 1. The summed E-state index contributed by atoms with van der Waals surface area (Å²) in [4.78, 5) is 13.7. The van der Waals surface area contributed by atoms with Crippen molar-refractivity contribution in [3.05, 3.63) is 29.8 Å². The Morgan fingerprint density at radius 3 is 2.81 bits per heavy atom. The fourth-order valence-electron chi connectivity index (χ4n) is 1.80. The molecule has 0 bridgehead atoms. The van der Waals surface area contributed by atoms with E-state index in [1.165, 1.54) is 6.08 Å². The first kappa shape index (κ1) is 17.0. The minimum absolute atomic E-state index is 0.0961. The van der Waals surface area contributed by atoms with E-state index in [-0.39, 0.29) is 5.91 Å². The van der Waals surface area contributed by atoms with Crippen LogP contribution in [0, 0.1) is 0 Å². The van der Waals surface area contributed by atoms with Gasteiger partial charge in [0, 0.05) is 12.6 Å². The summed E-state index contributed by atoms with van der Waals surface area (Å²) in [6.07, 6.45) is 4.20. The zero-order chi connectivity index (χ0) is 15.7. The van der Waals surface area contributed by atoms with E-state index in [9.17, 15) is 4.79 Å². The number of hydrogen-bond acceptors (Lipinski definition) is 4. The highest BCUT2D eigenvalue weighted by Crippen LogP contribution is 2.22. The van der Waals surface area contributed by atoms with E-state index >= 15 is 0 Å². The molecule has 0 atom stereocenters. The zero-order valence-electron chi connectivity index (χ0n) is 13.1. The molecule has 0 radical (unpaired) electrons. The van der Waals surface area contributed by atoms with Crippen molar-refractivity contribution in [1.82, 2.24) is 10.2 Å². The van der Waals surface area contributed by atoms with Crippen LogP contribution in [0.5, 0.6) is 5.75 Å². The SMILES string of the molecule is CCOc1ccc(/C=C\C(=O)NCCCN(C)C)cc1N. The maximum absolute atomic E-state index is 11.6. The highest BCUT2D eigenvalue weighted by Gasteiger charge is 2.00. The van der Waals surface area contributed by atoms with Crippen molar-refractivity contribution >= 4 is 17.7 Å². The summed E-state index contributed by atoms with van der Waals surface area (Å²) in [5, 5.41) is 2.85. The average Bonchev–Trinajstić information content (AvgIpc) is 2.44. The summed E-state index contributed by atoms with van der Waals surface area (Å²) < 4.78 is 5.37. The van der Waals surface area contributed by atoms with Crippen LogP contribution in [0.15, 0.2) is 24.3 Å². The van der Waals surface area contributed by atoms with E-state index in [4.69, 9.17) is 10.5 Å². The van der Waals surface area contributed by atoms with Gasteiger partial charge >= 0.3 is 0 Å². The first-order valence-electron chi connectivity index (χ1n) is 7.16. The van der Waals surface area contributed by atoms with Crippen LogP contribution < -0.4 is 15.8 Å². The Hall–Kier alpha value is -2.01. The number of carbonyl (C=O) groups is 1. The zero-order valence-corrected chi connectivity index (χ0v) is 13.1. The van der Waals surface area contributed by atoms with Crippen molar-refractivity contribution in [3.8, 4) is 5.75 Å². The number of nitrogens with one attached hydrogen (secondary N) is 1. The number of benzene rings is 1. The van der Waals surface area contributed by atoms with E-state index in [2.05, 4.69) is 10.2 Å². The molecule has 0 aliphatic carbocycles. The molecule has 1 rings (SSSR count). The Morgan fingerprint density at radius 1 is 1.43 bits per heavy atom. The van der Waals surface area contributed by atoms with Gasteiger partial charge in [0.1, 0.15) is 5.75 Å². The lowest BCUT2D eigenvalue weighted by Crippen LogP contribution is -2.25. The minimum Gasteiger partial charge on any atom is -0.492 e. The van der Waals surface area contributed by atoms with E-state index in [0.717, 1.165) is 18.5 Å². The molecular weight excluding hydrogens is 266 g/mol. The summed E-state index contributed by atoms with van der Waals surface area (Å²) in [6, 6.07) is 5.48. The number of amides is 1. The quantitative estimate of drug-likeness (QED) is 0.435. The van der Waals surface area contributed by atoms with Crippen LogP contribution in [0.25, 0.3) is 6.08 Å². The number of anilines is 1. The number of ether oxygens (including phenoxy) is 1. The highest BCUT2D eigenvalue weighted by molar-refractivity contribution is 5.91. The minimum atomic E-state index is -0.0961. The largest absolute Gasteiger partial charge is 0.492 e. The lowest BCUT2D eigenvalue weighted by Gasteiger charge is -2.09. The van der Waals surface area contributed by atoms with Crippen LogP contribution in [0.3, 0.4) is 0 Å². The molecule has 116 valence electrons. The molecule has 0 aromatic heterocycles. The lowest BCUT2D eigenvalue weighted by molar-refractivity contribution is -0.116. The lowest BCUT2D eigenvalue weighted by atomic mass is 10.1. The molecule has 5 nitrogen and oxygen atoms in total. The standard InChI is InChI=1S/C16H25N3O2/c1-4-21-15-8-6-13(12-14(15)17)7-9-16(20)18-10-5-11-19(2)3/h6-9,12H,4-5,10-11,17H2,1-3H3,(H,18,20)/b9-7-. The van der Waals surface area contributed by atoms with E-state index in [1.54, 1.807) is 12.1 Å². The van der Waals surface area contributed by atoms with Crippen molar-refractivity contribution in [2.24, 2.45) is 0 Å². The maximum atomic E-state index is 11.6. The predicted molar refractivity (Wildman–Crippen MR) is 87.2 cm³/mol. The monoisotopic (exact) mass is 291 g/mol. The summed E-state index contributed by atoms with van der Waals surface area (Å²) in [5.74, 6) is 0.573. The number of nitrogen functional groups attached to an aromatic ring is 1. The molecule has 0 aliphatic heterocycles. The fraction of sp³-hybridized carbons (Fsp3) is 0.438. The van der Waals surface area contributed by atoms with Crippen LogP contribution >= 0.6 is 0 Å². The molecule has 5 heteroatoms. The molecule has 0 unspecified atom stereocenters. The van der Waals surface area contributed by atoms with Gasteiger partial charge in [0.25, 0.3) is 0 Å². The molecule has 21 heavy (non-hydrogen) atoms. The van der Waals surface area contributed by atoms with Gasteiger partial charge in [-0.2, -0.15) is 0 Å². The summed E-state index contributed by atoms with van der Waals surface area (Å²) in [7, 11) is 4.02. The molecular formula is C16H25N3O2. The van der Waals surface area contributed by atoms with Crippen LogP contribution in [0.2, 0.25) is 0 Å². The molecule has 3 N–H and O–H groups in total. The average molecular weight is 291 g/mol. The fourth-order valence-corrected chi connectivity index (χ4v) is 1.80. The van der Waals surface area contributed by atoms with Crippen LogP contribution in [-0.2, 0) is 4.79 Å². The van der Waals surface area contributed by atoms with Gasteiger partial charge in [0.15, 0.2) is 0 Å². The maximum Gasteiger partial charge on any atom is 0.243 e. The van der Waals surface area contributed by atoms with Crippen LogP contribution in [-0.4, -0.2) is 44.6 Å². The van der Waals surface area contributed by atoms with Gasteiger partial charge in [-0.25, -0.2) is 0 Å². The normalized spacial score (nSPS) is 11.0. The van der Waals surface area contributed by atoms with Gasteiger partial charge in [0.05, 0.1) is 12.3 Å². The smallest absolute Gasteiger partial charge is 0.243 e. The Bertz CT molecular complexity index is 484. The second-order valence-corrected chi connectivity index (χ2v) is 5.01. The molecule has 0 saturated heterocycles. The third-order valence-corrected chi connectivity index (χ3v) is 2.84. The second kappa shape index (κ2) is 9.02. The van der Waals surface area contributed by atoms with Crippen molar-refractivity contribution in [1.29, 1.82) is 0 Å². The number of hydrogen-bond donors (Lipinski definition) is 2. The van der Waals surface area contributed by atoms with Gasteiger partial charge in [-0.15, -0.1) is 0 Å². The van der Waals surface area contributed by atoms with Crippen molar-refractivity contribution in [2.75, 3.05) is 39.5 Å². The van der Waals surface area contributed by atoms with E-state index < -0.39 is 0 Å². The summed E-state index contributed by atoms with van der Waals surface area (Å²) >= 11 is 0. The van der Waals surface area contributed by atoms with Crippen molar-refractivity contribution in [2.45, 2.75) is 13.3 Å². The molecule has 0 fully saturated rings. The molecule has 0 spiro atoms. The Balaban J connectivity index is 2.45. The molecule has 0 aliphatic rings. The molecule has 1 aromatic rings. The second-order valence-electron chi connectivity index (χ2n) is 5.01. The van der Waals surface area contributed by atoms with Gasteiger partial charge in [-0.05, 0) is 57.8 Å². The third kappa shape index (κ3) is 6.81.